The Kier molecular flexibility index (Phi) is 3.16. The van der Waals surface area contributed by atoms with E-state index in [0.29, 0.717) is 5.88 Å². The molecule has 0 aliphatic heterocycles. The van der Waals surface area contributed by atoms with Crippen LogP contribution >= 0.6 is 27.5 Å². The second kappa shape index (κ2) is 3.74. The molecule has 2 atom stereocenters. The molecule has 2 unspecified atom stereocenters. The summed E-state index contributed by atoms with van der Waals surface area (Å²) in [6.45, 7) is 0. The van der Waals surface area contributed by atoms with Crippen LogP contribution in [0.3, 0.4) is 0 Å². The second-order valence-corrected chi connectivity index (χ2v) is 3.95. The lowest BCUT2D eigenvalue weighted by atomic mass is 9.99. The Morgan fingerprint density at radius 1 is 1.64 bits per heavy atom. The van der Waals surface area contributed by atoms with Crippen molar-refractivity contribution >= 4 is 27.5 Å². The number of rotatable bonds is 2. The van der Waals surface area contributed by atoms with Crippen LogP contribution < -0.4 is 0 Å². The van der Waals surface area contributed by atoms with Gasteiger partial charge in [-0.3, -0.25) is 0 Å². The first-order chi connectivity index (χ1) is 5.23. The second-order valence-electron chi connectivity index (χ2n) is 2.41. The highest BCUT2D eigenvalue weighted by Gasteiger charge is 2.32. The predicted molar refractivity (Wildman–Crippen MR) is 51.2 cm³/mol. The van der Waals surface area contributed by atoms with E-state index < -0.39 is 4.51 Å². The van der Waals surface area contributed by atoms with Gasteiger partial charge in [0.2, 0.25) is 0 Å². The molecule has 0 aromatic heterocycles. The van der Waals surface area contributed by atoms with E-state index in [-0.39, 0.29) is 5.92 Å². The van der Waals surface area contributed by atoms with E-state index in [2.05, 4.69) is 15.9 Å². The van der Waals surface area contributed by atoms with Crippen molar-refractivity contribution in [3.63, 3.8) is 0 Å². The average molecular weight is 238 g/mol. The molecule has 0 bridgehead atoms. The summed E-state index contributed by atoms with van der Waals surface area (Å²) in [5.74, 6) is 0.763. The van der Waals surface area contributed by atoms with Crippen LogP contribution in [0.5, 0.6) is 0 Å². The third kappa shape index (κ3) is 1.86. The molecule has 0 heterocycles. The Hall–Kier alpha value is 0.210. The van der Waals surface area contributed by atoms with E-state index in [0.717, 1.165) is 0 Å². The number of halogens is 2. The first-order valence-electron chi connectivity index (χ1n) is 3.39. The number of alkyl halides is 2. The minimum Gasteiger partial charge on any atom is -0.363 e. The summed E-state index contributed by atoms with van der Waals surface area (Å²) >= 11 is 9.23. The minimum atomic E-state index is -0.399. The monoisotopic (exact) mass is 236 g/mol. The van der Waals surface area contributed by atoms with Crippen molar-refractivity contribution < 1.29 is 4.74 Å². The molecule has 1 rings (SSSR count). The smallest absolute Gasteiger partial charge is 0.148 e. The van der Waals surface area contributed by atoms with Gasteiger partial charge in [0, 0.05) is 18.9 Å². The Balaban J connectivity index is 2.77. The van der Waals surface area contributed by atoms with Gasteiger partial charge in [0.05, 0.1) is 0 Å². The van der Waals surface area contributed by atoms with Crippen molar-refractivity contribution in [2.24, 2.45) is 5.92 Å². The van der Waals surface area contributed by atoms with Gasteiger partial charge in [0.15, 0.2) is 0 Å². The lowest BCUT2D eigenvalue weighted by Crippen LogP contribution is -2.32. The molecular formula is C8H10BrClO. The summed E-state index contributed by atoms with van der Waals surface area (Å²) in [6.07, 6.45) is 7.91. The molecule has 0 aromatic carbocycles. The Morgan fingerprint density at radius 3 is 2.82 bits per heavy atom. The molecule has 1 nitrogen and oxygen atoms in total. The average Bonchev–Trinajstić information content (AvgIpc) is 2.05. The number of hydrogen-bond acceptors (Lipinski definition) is 1. The van der Waals surface area contributed by atoms with Crippen molar-refractivity contribution in [1.29, 1.82) is 0 Å². The molecule has 0 amide bonds. The maximum Gasteiger partial charge on any atom is 0.148 e. The van der Waals surface area contributed by atoms with Crippen molar-refractivity contribution in [3.8, 4) is 0 Å². The lowest BCUT2D eigenvalue weighted by molar-refractivity contribution is 0.0886. The van der Waals surface area contributed by atoms with Gasteiger partial charge >= 0.3 is 0 Å². The maximum atomic E-state index is 5.75. The van der Waals surface area contributed by atoms with Crippen molar-refractivity contribution in [1.82, 2.24) is 0 Å². The van der Waals surface area contributed by atoms with Gasteiger partial charge < -0.3 is 4.74 Å². The topological polar surface area (TPSA) is 9.23 Å². The lowest BCUT2D eigenvalue weighted by Gasteiger charge is -2.30. The fraction of sp³-hybridized carbons (Fsp3) is 0.500. The zero-order chi connectivity index (χ0) is 8.32. The standard InChI is InChI=1S/C8H10BrClO/c1-11-8(9)5-3-2-4-7(8)6-10/h2-5,7H,6H2,1H3. The van der Waals surface area contributed by atoms with Gasteiger partial charge in [-0.2, -0.15) is 0 Å². The van der Waals surface area contributed by atoms with Crippen LogP contribution in [-0.2, 0) is 4.74 Å². The molecule has 11 heavy (non-hydrogen) atoms. The molecule has 1 aliphatic rings. The Bertz CT molecular complexity index is 191. The van der Waals surface area contributed by atoms with Crippen LogP contribution in [0.2, 0.25) is 0 Å². The van der Waals surface area contributed by atoms with Crippen LogP contribution in [-0.4, -0.2) is 17.5 Å². The SMILES string of the molecule is COC1(Br)C=CC=CC1CCl. The first kappa shape index (κ1) is 9.30. The molecule has 1 aliphatic carbocycles. The van der Waals surface area contributed by atoms with E-state index in [1.54, 1.807) is 7.11 Å². The number of allylic oxidation sites excluding steroid dienone is 2. The molecular weight excluding hydrogens is 227 g/mol. The van der Waals surface area contributed by atoms with Crippen molar-refractivity contribution in [2.75, 3.05) is 13.0 Å². The van der Waals surface area contributed by atoms with Gasteiger partial charge in [-0.25, -0.2) is 0 Å². The quantitative estimate of drug-likeness (QED) is 0.671. The molecule has 0 saturated heterocycles. The maximum absolute atomic E-state index is 5.75. The van der Waals surface area contributed by atoms with Crippen LogP contribution in [0.1, 0.15) is 0 Å². The van der Waals surface area contributed by atoms with Gasteiger partial charge in [0.25, 0.3) is 0 Å². The van der Waals surface area contributed by atoms with Crippen LogP contribution in [0, 0.1) is 5.92 Å². The van der Waals surface area contributed by atoms with Crippen LogP contribution in [0.25, 0.3) is 0 Å². The fourth-order valence-electron chi connectivity index (χ4n) is 1.02. The molecule has 62 valence electrons. The Morgan fingerprint density at radius 2 is 2.36 bits per heavy atom. The summed E-state index contributed by atoms with van der Waals surface area (Å²) in [4.78, 5) is 0. The summed E-state index contributed by atoms with van der Waals surface area (Å²) < 4.78 is 4.88. The zero-order valence-corrected chi connectivity index (χ0v) is 8.60. The van der Waals surface area contributed by atoms with Crippen molar-refractivity contribution in [2.45, 2.75) is 4.51 Å². The zero-order valence-electron chi connectivity index (χ0n) is 6.26. The van der Waals surface area contributed by atoms with Gasteiger partial charge in [0.1, 0.15) is 4.51 Å². The number of ether oxygens (including phenoxy) is 1. The third-order valence-corrected chi connectivity index (χ3v) is 3.27. The summed E-state index contributed by atoms with van der Waals surface area (Å²) in [7, 11) is 1.66. The van der Waals surface area contributed by atoms with E-state index >= 15 is 0 Å². The number of hydrogen-bond donors (Lipinski definition) is 0. The highest BCUT2D eigenvalue weighted by atomic mass is 79.9. The summed E-state index contributed by atoms with van der Waals surface area (Å²) in [5, 5.41) is 0. The van der Waals surface area contributed by atoms with E-state index in [1.807, 2.05) is 24.3 Å². The third-order valence-electron chi connectivity index (χ3n) is 1.76. The molecule has 0 N–H and O–H groups in total. The normalized spacial score (nSPS) is 36.1. The highest BCUT2D eigenvalue weighted by molar-refractivity contribution is 9.10. The van der Waals surface area contributed by atoms with Crippen LogP contribution in [0.15, 0.2) is 24.3 Å². The van der Waals surface area contributed by atoms with Gasteiger partial charge in [-0.1, -0.05) is 18.2 Å². The number of methoxy groups -OCH3 is 1. The largest absolute Gasteiger partial charge is 0.363 e. The van der Waals surface area contributed by atoms with Crippen LogP contribution in [0.4, 0.5) is 0 Å². The Labute approximate surface area is 80.2 Å². The fourth-order valence-corrected chi connectivity index (χ4v) is 2.00. The molecule has 0 saturated carbocycles. The van der Waals surface area contributed by atoms with E-state index in [1.165, 1.54) is 0 Å². The first-order valence-corrected chi connectivity index (χ1v) is 4.72. The molecule has 0 radical (unpaired) electrons. The molecule has 3 heteroatoms. The van der Waals surface area contributed by atoms with Crippen molar-refractivity contribution in [3.05, 3.63) is 24.3 Å². The predicted octanol–water partition coefficient (Wildman–Crippen LogP) is 2.71. The van der Waals surface area contributed by atoms with E-state index in [9.17, 15) is 0 Å². The molecule has 0 spiro atoms. The molecule has 0 aromatic rings. The van der Waals surface area contributed by atoms with E-state index in [4.69, 9.17) is 16.3 Å². The highest BCUT2D eigenvalue weighted by Crippen LogP contribution is 2.34. The summed E-state index contributed by atoms with van der Waals surface area (Å²) in [5.41, 5.74) is 0. The van der Waals surface area contributed by atoms with Gasteiger partial charge in [-0.05, 0) is 22.0 Å². The summed E-state index contributed by atoms with van der Waals surface area (Å²) in [6, 6.07) is 0. The van der Waals surface area contributed by atoms with Gasteiger partial charge in [-0.15, -0.1) is 11.6 Å². The minimum absolute atomic E-state index is 0.208. The molecule has 0 fully saturated rings.